The lowest BCUT2D eigenvalue weighted by molar-refractivity contribution is 0.0143. The first-order valence-corrected chi connectivity index (χ1v) is 10.0. The highest BCUT2D eigenvalue weighted by Crippen LogP contribution is 2.46. The van der Waals surface area contributed by atoms with Crippen LogP contribution in [0.2, 0.25) is 0 Å². The van der Waals surface area contributed by atoms with Crippen molar-refractivity contribution in [2.75, 3.05) is 12.3 Å². The fraction of sp³-hybridized carbons (Fsp3) is 0.348. The molecule has 0 bridgehead atoms. The molecule has 0 aliphatic carbocycles. The number of pyridine rings is 1. The van der Waals surface area contributed by atoms with Crippen LogP contribution in [0.15, 0.2) is 18.7 Å². The molecule has 3 aromatic rings. The van der Waals surface area contributed by atoms with E-state index in [1.54, 1.807) is 30.5 Å². The van der Waals surface area contributed by atoms with E-state index < -0.39 is 11.6 Å². The molecule has 0 amide bonds. The molecule has 6 nitrogen and oxygen atoms in total. The van der Waals surface area contributed by atoms with Crippen LogP contribution in [0.1, 0.15) is 48.3 Å². The minimum absolute atomic E-state index is 0.0364. The van der Waals surface area contributed by atoms with Gasteiger partial charge in [0.1, 0.15) is 22.8 Å². The summed E-state index contributed by atoms with van der Waals surface area (Å²) in [7, 11) is 0. The standard InChI is InChI=1S/C23H28F2N4O2/c1-7-10-31-20-14(5)28-21(23(6,24)25)17-16(13(4)26)22(27)29(19(17)20)18-11(2)8-9-15(30)12(18)3/h8-9,30H,4,7,10,26-27H2,1-3,5-6H3. The number of benzene rings is 1. The average molecular weight is 430 g/mol. The Hall–Kier alpha value is -3.29. The van der Waals surface area contributed by atoms with Crippen molar-refractivity contribution in [1.29, 1.82) is 0 Å². The number of halogens is 2. The molecule has 3 rings (SSSR count). The molecule has 166 valence electrons. The van der Waals surface area contributed by atoms with E-state index in [1.165, 1.54) is 0 Å². The van der Waals surface area contributed by atoms with Gasteiger partial charge in [-0.3, -0.25) is 4.57 Å². The topological polar surface area (TPSA) is 99.3 Å². The van der Waals surface area contributed by atoms with Gasteiger partial charge in [-0.25, -0.2) is 4.98 Å². The predicted molar refractivity (Wildman–Crippen MR) is 120 cm³/mol. The highest BCUT2D eigenvalue weighted by Gasteiger charge is 2.36. The van der Waals surface area contributed by atoms with Crippen molar-refractivity contribution in [1.82, 2.24) is 9.55 Å². The molecule has 5 N–H and O–H groups in total. The first-order valence-electron chi connectivity index (χ1n) is 10.0. The molecule has 8 heteroatoms. The molecule has 0 atom stereocenters. The summed E-state index contributed by atoms with van der Waals surface area (Å²) >= 11 is 0. The predicted octanol–water partition coefficient (Wildman–Crippen LogP) is 5.07. The number of hydrogen-bond acceptors (Lipinski definition) is 5. The second kappa shape index (κ2) is 7.76. The second-order valence-corrected chi connectivity index (χ2v) is 7.83. The van der Waals surface area contributed by atoms with E-state index in [-0.39, 0.29) is 28.2 Å². The molecular weight excluding hydrogens is 402 g/mol. The van der Waals surface area contributed by atoms with E-state index in [4.69, 9.17) is 16.2 Å². The van der Waals surface area contributed by atoms with Gasteiger partial charge in [0.05, 0.1) is 18.0 Å². The van der Waals surface area contributed by atoms with Crippen LogP contribution in [0, 0.1) is 20.8 Å². The number of anilines is 1. The minimum Gasteiger partial charge on any atom is -0.508 e. The molecule has 0 fully saturated rings. The summed E-state index contributed by atoms with van der Waals surface area (Å²) in [6.45, 7) is 12.0. The molecule has 0 unspecified atom stereocenters. The van der Waals surface area contributed by atoms with Crippen molar-refractivity contribution in [3.8, 4) is 17.2 Å². The number of nitrogens with two attached hydrogens (primary N) is 2. The van der Waals surface area contributed by atoms with Gasteiger partial charge in [0.25, 0.3) is 5.92 Å². The van der Waals surface area contributed by atoms with Gasteiger partial charge in [-0.05, 0) is 38.8 Å². The molecule has 0 radical (unpaired) electrons. The molecule has 0 spiro atoms. The Balaban J connectivity index is 2.67. The number of alkyl halides is 2. The Morgan fingerprint density at radius 3 is 2.48 bits per heavy atom. The van der Waals surface area contributed by atoms with Crippen molar-refractivity contribution in [3.05, 3.63) is 46.8 Å². The van der Waals surface area contributed by atoms with Gasteiger partial charge in [-0.1, -0.05) is 19.6 Å². The number of aromatic hydroxyl groups is 1. The van der Waals surface area contributed by atoms with Crippen LogP contribution in [0.3, 0.4) is 0 Å². The van der Waals surface area contributed by atoms with Crippen LogP contribution < -0.4 is 16.2 Å². The maximum Gasteiger partial charge on any atom is 0.287 e. The Bertz CT molecular complexity index is 1190. The van der Waals surface area contributed by atoms with Crippen molar-refractivity contribution >= 4 is 22.4 Å². The van der Waals surface area contributed by atoms with Crippen molar-refractivity contribution in [3.63, 3.8) is 0 Å². The number of aromatic nitrogens is 2. The summed E-state index contributed by atoms with van der Waals surface area (Å²) < 4.78 is 37.0. The van der Waals surface area contributed by atoms with Gasteiger partial charge < -0.3 is 21.3 Å². The van der Waals surface area contributed by atoms with Crippen LogP contribution in [0.25, 0.3) is 22.3 Å². The van der Waals surface area contributed by atoms with Gasteiger partial charge in [-0.2, -0.15) is 8.78 Å². The molecule has 31 heavy (non-hydrogen) atoms. The second-order valence-electron chi connectivity index (χ2n) is 7.83. The van der Waals surface area contributed by atoms with Crippen LogP contribution in [-0.4, -0.2) is 21.3 Å². The van der Waals surface area contributed by atoms with E-state index in [9.17, 15) is 13.9 Å². The largest absolute Gasteiger partial charge is 0.508 e. The van der Waals surface area contributed by atoms with E-state index in [2.05, 4.69) is 11.6 Å². The number of rotatable bonds is 6. The zero-order valence-electron chi connectivity index (χ0n) is 18.4. The van der Waals surface area contributed by atoms with Gasteiger partial charge in [0.2, 0.25) is 0 Å². The van der Waals surface area contributed by atoms with Crippen LogP contribution >= 0.6 is 0 Å². The summed E-state index contributed by atoms with van der Waals surface area (Å²) in [4.78, 5) is 4.19. The van der Waals surface area contributed by atoms with Gasteiger partial charge in [0.15, 0.2) is 5.75 Å². The normalized spacial score (nSPS) is 11.8. The number of phenolic OH excluding ortho intramolecular Hbond substituents is 1. The van der Waals surface area contributed by atoms with E-state index in [0.717, 1.165) is 12.5 Å². The summed E-state index contributed by atoms with van der Waals surface area (Å²) in [6, 6.07) is 3.31. The third-order valence-corrected chi connectivity index (χ3v) is 5.28. The lowest BCUT2D eigenvalue weighted by Crippen LogP contribution is -2.14. The molecular formula is C23H28F2N4O2. The number of nitrogens with zero attached hydrogens (tertiary/aromatic N) is 2. The average Bonchev–Trinajstić information content (AvgIpc) is 2.96. The fourth-order valence-corrected chi connectivity index (χ4v) is 3.90. The zero-order chi connectivity index (χ0) is 23.2. The summed E-state index contributed by atoms with van der Waals surface area (Å²) in [5.41, 5.74) is 14.8. The van der Waals surface area contributed by atoms with Crippen molar-refractivity contribution < 1.29 is 18.6 Å². The first-order chi connectivity index (χ1) is 14.4. The van der Waals surface area contributed by atoms with Crippen LogP contribution in [0.5, 0.6) is 11.5 Å². The SMILES string of the molecule is C=C(N)c1c(N)n(-c2c(C)ccc(O)c2C)c2c(OCCC)c(C)nc(C(C)(F)F)c12. The number of nitrogen functional groups attached to an aromatic ring is 1. The monoisotopic (exact) mass is 430 g/mol. The van der Waals surface area contributed by atoms with Gasteiger partial charge >= 0.3 is 0 Å². The minimum atomic E-state index is -3.27. The number of ether oxygens (including phenoxy) is 1. The van der Waals surface area contributed by atoms with E-state index >= 15 is 0 Å². The quantitative estimate of drug-likeness (QED) is 0.507. The maximum atomic E-state index is 14.7. The summed E-state index contributed by atoms with van der Waals surface area (Å²) in [6.07, 6.45) is 0.712. The van der Waals surface area contributed by atoms with Crippen LogP contribution in [0.4, 0.5) is 14.6 Å². The molecule has 2 heterocycles. The van der Waals surface area contributed by atoms with Gasteiger partial charge in [-0.15, -0.1) is 0 Å². The van der Waals surface area contributed by atoms with Crippen LogP contribution in [-0.2, 0) is 5.92 Å². The van der Waals surface area contributed by atoms with Crippen molar-refractivity contribution in [2.24, 2.45) is 5.73 Å². The number of aryl methyl sites for hydroxylation is 2. The Morgan fingerprint density at radius 1 is 1.29 bits per heavy atom. The Labute approximate surface area is 180 Å². The highest BCUT2D eigenvalue weighted by molar-refractivity contribution is 6.04. The number of phenols is 1. The molecule has 1 aromatic carbocycles. The summed E-state index contributed by atoms with van der Waals surface area (Å²) in [5, 5.41) is 10.4. The lowest BCUT2D eigenvalue weighted by atomic mass is 10.0. The molecule has 0 aliphatic rings. The molecule has 0 saturated carbocycles. The van der Waals surface area contributed by atoms with Gasteiger partial charge in [0, 0.05) is 29.1 Å². The number of fused-ring (bicyclic) bond motifs is 1. The zero-order valence-corrected chi connectivity index (χ0v) is 18.4. The Morgan fingerprint density at radius 2 is 1.94 bits per heavy atom. The lowest BCUT2D eigenvalue weighted by Gasteiger charge is -2.20. The molecule has 0 aliphatic heterocycles. The molecule has 2 aromatic heterocycles. The van der Waals surface area contributed by atoms with Crippen molar-refractivity contribution in [2.45, 2.75) is 47.0 Å². The smallest absolute Gasteiger partial charge is 0.287 e. The summed E-state index contributed by atoms with van der Waals surface area (Å²) in [5.74, 6) is -2.75. The fourth-order valence-electron chi connectivity index (χ4n) is 3.90. The van der Waals surface area contributed by atoms with E-state index in [0.29, 0.717) is 41.2 Å². The molecule has 0 saturated heterocycles. The first kappa shape index (κ1) is 22.4. The highest BCUT2D eigenvalue weighted by atomic mass is 19.3. The van der Waals surface area contributed by atoms with E-state index in [1.807, 2.05) is 13.8 Å². The Kier molecular flexibility index (Phi) is 5.60. The number of hydrogen-bond donors (Lipinski definition) is 3. The third-order valence-electron chi connectivity index (χ3n) is 5.28. The maximum absolute atomic E-state index is 14.7. The third kappa shape index (κ3) is 3.56.